The fourth-order valence-corrected chi connectivity index (χ4v) is 13.1. The van der Waals surface area contributed by atoms with Crippen LogP contribution in [0.3, 0.4) is 0 Å². The van der Waals surface area contributed by atoms with E-state index in [0.29, 0.717) is 23.4 Å². The highest BCUT2D eigenvalue weighted by atomic mass is 35.5. The zero-order valence-electron chi connectivity index (χ0n) is 38.3. The minimum Gasteiger partial charge on any atom is -0.467 e. The fourth-order valence-electron chi connectivity index (χ4n) is 7.76. The van der Waals surface area contributed by atoms with Crippen LogP contribution in [0.15, 0.2) is 91.0 Å². The lowest BCUT2D eigenvalue weighted by Crippen LogP contribution is -2.65. The van der Waals surface area contributed by atoms with Crippen LogP contribution in [0.1, 0.15) is 104 Å². The lowest BCUT2D eigenvalue weighted by molar-refractivity contribution is -0.151. The Hall–Kier alpha value is -3.07. The number of carbonyl (C=O) groups is 1. The maximum absolute atomic E-state index is 13.3. The maximum Gasteiger partial charge on any atom is 0.342 e. The Morgan fingerprint density at radius 1 is 0.950 bits per heavy atom. The summed E-state index contributed by atoms with van der Waals surface area (Å²) in [6.07, 6.45) is 9.11. The molecule has 3 aromatic rings. The molecule has 1 aliphatic heterocycles. The molecule has 1 unspecified atom stereocenters. The van der Waals surface area contributed by atoms with Crippen molar-refractivity contribution in [3.63, 3.8) is 0 Å². The lowest BCUT2D eigenvalue weighted by Gasteiger charge is -2.43. The Labute approximate surface area is 367 Å². The molecule has 0 saturated carbocycles. The SMILES string of the molecule is CCCOC(=O)c1c(/C=C/C[C@@H]2OC(C)(C)O[C@@H]2C(/C=C\[C@@H](C)[C@H](C)CC(C)(C)[Si](O)(c2ccccc2)c2ccccc2)O[Si](C)(C)C(C)(C)C)cc(Cl)cc1OCOC. The number of ether oxygens (including phenoxy) is 5. The third-order valence-corrected chi connectivity index (χ3v) is 21.4. The van der Waals surface area contributed by atoms with Gasteiger partial charge in [-0.15, -0.1) is 0 Å². The van der Waals surface area contributed by atoms with Crippen molar-refractivity contribution in [2.45, 2.75) is 136 Å². The van der Waals surface area contributed by atoms with E-state index in [1.54, 1.807) is 12.1 Å². The number of rotatable bonds is 20. The van der Waals surface area contributed by atoms with Gasteiger partial charge in [0.05, 0.1) is 18.8 Å². The molecule has 1 aliphatic rings. The van der Waals surface area contributed by atoms with E-state index in [9.17, 15) is 9.59 Å². The van der Waals surface area contributed by atoms with Crippen molar-refractivity contribution < 1.29 is 37.7 Å². The molecule has 0 aliphatic carbocycles. The van der Waals surface area contributed by atoms with E-state index in [4.69, 9.17) is 39.7 Å². The van der Waals surface area contributed by atoms with E-state index in [0.717, 1.165) is 16.8 Å². The van der Waals surface area contributed by atoms with Crippen molar-refractivity contribution in [3.8, 4) is 5.75 Å². The summed E-state index contributed by atoms with van der Waals surface area (Å²) in [5.74, 6) is -0.662. The lowest BCUT2D eigenvalue weighted by atomic mass is 9.87. The number of esters is 1. The number of methoxy groups -OCH3 is 1. The molecule has 0 bridgehead atoms. The first-order chi connectivity index (χ1) is 28.1. The predicted molar refractivity (Wildman–Crippen MR) is 250 cm³/mol. The number of carbonyl (C=O) groups excluding carboxylic acids is 1. The topological polar surface area (TPSA) is 92.7 Å². The molecule has 5 atom stereocenters. The summed E-state index contributed by atoms with van der Waals surface area (Å²) in [5.41, 5.74) is 0.849. The van der Waals surface area contributed by atoms with Crippen molar-refractivity contribution in [2.24, 2.45) is 11.8 Å². The Morgan fingerprint density at radius 2 is 1.55 bits per heavy atom. The molecule has 1 N–H and O–H groups in total. The van der Waals surface area contributed by atoms with Gasteiger partial charge in [-0.25, -0.2) is 4.79 Å². The summed E-state index contributed by atoms with van der Waals surface area (Å²) >= 11 is 6.53. The molecule has 1 fully saturated rings. The zero-order chi connectivity index (χ0) is 44.5. The van der Waals surface area contributed by atoms with E-state index in [-0.39, 0.29) is 52.7 Å². The number of benzene rings is 3. The van der Waals surface area contributed by atoms with E-state index in [1.165, 1.54) is 7.11 Å². The van der Waals surface area contributed by atoms with Gasteiger partial charge in [0, 0.05) is 12.1 Å². The van der Waals surface area contributed by atoms with E-state index >= 15 is 0 Å². The molecule has 1 heterocycles. The summed E-state index contributed by atoms with van der Waals surface area (Å²) < 4.78 is 37.0. The van der Waals surface area contributed by atoms with Gasteiger partial charge in [0.25, 0.3) is 8.32 Å². The second-order valence-electron chi connectivity index (χ2n) is 18.9. The first-order valence-electron chi connectivity index (χ1n) is 21.4. The first-order valence-corrected chi connectivity index (χ1v) is 26.6. The maximum atomic E-state index is 13.3. The minimum absolute atomic E-state index is 0.0473. The van der Waals surface area contributed by atoms with Crippen molar-refractivity contribution in [1.29, 1.82) is 0 Å². The van der Waals surface area contributed by atoms with Crippen LogP contribution in [0.4, 0.5) is 0 Å². The minimum atomic E-state index is -3.18. The summed E-state index contributed by atoms with van der Waals surface area (Å²) in [6, 6.07) is 23.8. The molecule has 1 saturated heterocycles. The van der Waals surface area contributed by atoms with Gasteiger partial charge in [-0.2, -0.15) is 0 Å². The van der Waals surface area contributed by atoms with Gasteiger partial charge in [0.2, 0.25) is 0 Å². The van der Waals surface area contributed by atoms with Gasteiger partial charge in [0.15, 0.2) is 20.9 Å². The summed E-state index contributed by atoms with van der Waals surface area (Å²) in [7, 11) is -3.97. The Kier molecular flexibility index (Phi) is 17.2. The van der Waals surface area contributed by atoms with Gasteiger partial charge in [-0.05, 0) is 96.2 Å². The zero-order valence-corrected chi connectivity index (χ0v) is 41.1. The van der Waals surface area contributed by atoms with Crippen LogP contribution in [0.5, 0.6) is 5.75 Å². The monoisotopic (exact) mass is 878 g/mol. The number of hydrogen-bond acceptors (Lipinski definition) is 8. The Balaban J connectivity index is 1.65. The molecule has 0 radical (unpaired) electrons. The molecule has 11 heteroatoms. The van der Waals surface area contributed by atoms with Crippen molar-refractivity contribution in [2.75, 3.05) is 20.5 Å². The first kappa shape index (κ1) is 49.6. The molecule has 330 valence electrons. The third-order valence-electron chi connectivity index (χ3n) is 12.2. The number of hydrogen-bond donors (Lipinski definition) is 1. The number of allylic oxidation sites excluding steroid dienone is 1. The van der Waals surface area contributed by atoms with E-state index in [1.807, 2.05) is 69.3 Å². The molecule has 4 rings (SSSR count). The van der Waals surface area contributed by atoms with Gasteiger partial charge in [-0.1, -0.05) is 152 Å². The quantitative estimate of drug-likeness (QED) is 0.0519. The van der Waals surface area contributed by atoms with Crippen LogP contribution >= 0.6 is 11.6 Å². The highest BCUT2D eigenvalue weighted by Gasteiger charge is 2.51. The van der Waals surface area contributed by atoms with Gasteiger partial charge in [-0.3, -0.25) is 0 Å². The van der Waals surface area contributed by atoms with Gasteiger partial charge >= 0.3 is 5.97 Å². The second-order valence-corrected chi connectivity index (χ2v) is 28.0. The molecular weight excluding hydrogens is 808 g/mol. The molecule has 60 heavy (non-hydrogen) atoms. The van der Waals surface area contributed by atoms with Crippen molar-refractivity contribution >= 4 is 50.7 Å². The third kappa shape index (κ3) is 12.3. The van der Waals surface area contributed by atoms with Crippen LogP contribution < -0.4 is 15.1 Å². The van der Waals surface area contributed by atoms with Crippen LogP contribution in [0.25, 0.3) is 6.08 Å². The molecule has 8 nitrogen and oxygen atoms in total. The highest BCUT2D eigenvalue weighted by molar-refractivity contribution is 6.98. The average molecular weight is 880 g/mol. The second kappa shape index (κ2) is 20.9. The number of halogens is 1. The summed E-state index contributed by atoms with van der Waals surface area (Å²) in [6.45, 7) is 26.3. The Bertz CT molecular complexity index is 1850. The van der Waals surface area contributed by atoms with Crippen LogP contribution in [-0.4, -0.2) is 72.0 Å². The Morgan fingerprint density at radius 3 is 2.10 bits per heavy atom. The fraction of sp³-hybridized carbons (Fsp3) is 0.531. The van der Waals surface area contributed by atoms with Crippen LogP contribution in [-0.2, 0) is 23.4 Å². The van der Waals surface area contributed by atoms with Gasteiger partial charge in [0.1, 0.15) is 17.4 Å². The molecule has 0 amide bonds. The summed E-state index contributed by atoms with van der Waals surface area (Å²) in [5, 5.41) is 2.02. The van der Waals surface area contributed by atoms with E-state index in [2.05, 4.69) is 98.0 Å². The van der Waals surface area contributed by atoms with Crippen molar-refractivity contribution in [1.82, 2.24) is 0 Å². The molecule has 3 aromatic carbocycles. The standard InChI is InChI=1S/C49H71ClO8Si2/c1-14-30-54-46(51)44-37(31-38(50)32-43(44)55-34-53-11)22-21-27-41-45(57-49(9,10)56-41)42(58-59(12,13)47(4,5)6)29-28-35(2)36(3)33-48(7,8)60(52,39-23-17-15-18-24-39)40-25-19-16-20-26-40/h15-26,28-29,31-32,35-36,41-42,45,52H,14,27,30,33-34H2,1-13H3/b22-21+,29-28-/t35-,36-,41+,42?,45+/m1/s1. The smallest absolute Gasteiger partial charge is 0.342 e. The normalized spacial score (nSPS) is 19.1. The van der Waals surface area contributed by atoms with Crippen molar-refractivity contribution in [3.05, 3.63) is 107 Å². The van der Waals surface area contributed by atoms with Crippen LogP contribution in [0, 0.1) is 11.8 Å². The van der Waals surface area contributed by atoms with E-state index < -0.39 is 40.6 Å². The molecule has 0 spiro atoms. The highest BCUT2D eigenvalue weighted by Crippen LogP contribution is 2.44. The molecular formula is C49H71ClO8Si2. The average Bonchev–Trinajstić information content (AvgIpc) is 3.50. The largest absolute Gasteiger partial charge is 0.467 e. The summed E-state index contributed by atoms with van der Waals surface area (Å²) in [4.78, 5) is 26.2. The predicted octanol–water partition coefficient (Wildman–Crippen LogP) is 11.0. The van der Waals surface area contributed by atoms with Gasteiger partial charge < -0.3 is 32.9 Å². The van der Waals surface area contributed by atoms with Crippen LogP contribution in [0.2, 0.25) is 28.2 Å². The molecule has 0 aromatic heterocycles.